The number of hydrogen-bond acceptors (Lipinski definition) is 4. The molecule has 1 heterocycles. The van der Waals surface area contributed by atoms with Crippen molar-refractivity contribution in [2.45, 2.75) is 53.6 Å². The third-order valence-electron chi connectivity index (χ3n) is 3.36. The Hall–Kier alpha value is -1.85. The number of aryl methyl sites for hydroxylation is 2. The monoisotopic (exact) mass is 295 g/mol. The van der Waals surface area contributed by atoms with Crippen LogP contribution in [0.25, 0.3) is 0 Å². The summed E-state index contributed by atoms with van der Waals surface area (Å²) in [4.78, 5) is 23.7. The lowest BCUT2D eigenvalue weighted by molar-refractivity contribution is -0.153. The molecule has 21 heavy (non-hydrogen) atoms. The minimum atomic E-state index is -0.816. The molecule has 0 fully saturated rings. The third-order valence-corrected chi connectivity index (χ3v) is 3.36. The molecule has 0 aliphatic heterocycles. The van der Waals surface area contributed by atoms with Crippen LogP contribution in [0.5, 0.6) is 0 Å². The number of amides is 1. The largest absolute Gasteiger partial charge is 0.453 e. The molecule has 1 unspecified atom stereocenters. The molecule has 0 aliphatic rings. The first-order valence-electron chi connectivity index (χ1n) is 7.23. The molecule has 0 saturated carbocycles. The van der Waals surface area contributed by atoms with Gasteiger partial charge in [-0.05, 0) is 33.1 Å². The van der Waals surface area contributed by atoms with Crippen molar-refractivity contribution in [3.63, 3.8) is 0 Å². The number of nitrogens with zero attached hydrogens (tertiary/aromatic N) is 2. The third kappa shape index (κ3) is 4.88. The number of anilines is 1. The van der Waals surface area contributed by atoms with E-state index in [1.165, 1.54) is 0 Å². The first-order chi connectivity index (χ1) is 9.72. The summed E-state index contributed by atoms with van der Waals surface area (Å²) in [5.74, 6) is -0.250. The standard InChI is InChI=1S/C15H25N3O3/c1-9(2)7-8-13(19)21-12(5)15(20)16-14-10(3)17-18(6)11(14)4/h9,12H,7-8H2,1-6H3,(H,16,20). The van der Waals surface area contributed by atoms with Gasteiger partial charge in [-0.1, -0.05) is 13.8 Å². The van der Waals surface area contributed by atoms with E-state index in [2.05, 4.69) is 10.4 Å². The molecule has 0 radical (unpaired) electrons. The summed E-state index contributed by atoms with van der Waals surface area (Å²) in [6.45, 7) is 9.34. The lowest BCUT2D eigenvalue weighted by Gasteiger charge is -2.14. The van der Waals surface area contributed by atoms with Gasteiger partial charge in [0.15, 0.2) is 6.10 Å². The van der Waals surface area contributed by atoms with Gasteiger partial charge in [0.2, 0.25) is 0 Å². The number of rotatable bonds is 6. The zero-order chi connectivity index (χ0) is 16.2. The molecule has 0 aliphatic carbocycles. The van der Waals surface area contributed by atoms with Gasteiger partial charge in [-0.15, -0.1) is 0 Å². The van der Waals surface area contributed by atoms with Crippen LogP contribution < -0.4 is 5.32 Å². The summed E-state index contributed by atoms with van der Waals surface area (Å²) >= 11 is 0. The van der Waals surface area contributed by atoms with Crippen molar-refractivity contribution < 1.29 is 14.3 Å². The van der Waals surface area contributed by atoms with Crippen molar-refractivity contribution in [1.29, 1.82) is 0 Å². The predicted octanol–water partition coefficient (Wildman–Crippen LogP) is 2.34. The van der Waals surface area contributed by atoms with Crippen LogP contribution in [0.1, 0.15) is 45.0 Å². The highest BCUT2D eigenvalue weighted by Gasteiger charge is 2.20. The van der Waals surface area contributed by atoms with E-state index < -0.39 is 6.10 Å². The van der Waals surface area contributed by atoms with Crippen molar-refractivity contribution in [3.8, 4) is 0 Å². The second-order valence-electron chi connectivity index (χ2n) is 5.72. The number of ether oxygens (including phenoxy) is 1. The lowest BCUT2D eigenvalue weighted by atomic mass is 10.1. The zero-order valence-electron chi connectivity index (χ0n) is 13.7. The van der Waals surface area contributed by atoms with Gasteiger partial charge in [0, 0.05) is 13.5 Å². The molecule has 6 heteroatoms. The van der Waals surface area contributed by atoms with Gasteiger partial charge in [0.1, 0.15) is 0 Å². The minimum Gasteiger partial charge on any atom is -0.453 e. The number of carbonyl (C=O) groups is 2. The average molecular weight is 295 g/mol. The Labute approximate surface area is 125 Å². The maximum atomic E-state index is 12.1. The Morgan fingerprint density at radius 3 is 2.38 bits per heavy atom. The fourth-order valence-electron chi connectivity index (χ4n) is 1.90. The van der Waals surface area contributed by atoms with Crippen molar-refractivity contribution in [2.24, 2.45) is 13.0 Å². The highest BCUT2D eigenvalue weighted by atomic mass is 16.5. The molecule has 1 aromatic rings. The van der Waals surface area contributed by atoms with Crippen LogP contribution >= 0.6 is 0 Å². The van der Waals surface area contributed by atoms with Gasteiger partial charge in [-0.2, -0.15) is 5.10 Å². The SMILES string of the molecule is Cc1nn(C)c(C)c1NC(=O)C(C)OC(=O)CCC(C)C. The van der Waals surface area contributed by atoms with E-state index in [4.69, 9.17) is 4.74 Å². The molecule has 1 aromatic heterocycles. The Morgan fingerprint density at radius 1 is 1.29 bits per heavy atom. The molecule has 118 valence electrons. The van der Waals surface area contributed by atoms with Crippen LogP contribution in [-0.4, -0.2) is 27.8 Å². The molecule has 0 bridgehead atoms. The molecule has 1 amide bonds. The molecule has 1 atom stereocenters. The van der Waals surface area contributed by atoms with E-state index in [1.54, 1.807) is 11.6 Å². The van der Waals surface area contributed by atoms with E-state index in [0.29, 0.717) is 18.0 Å². The molecule has 1 N–H and O–H groups in total. The lowest BCUT2D eigenvalue weighted by Crippen LogP contribution is -2.30. The maximum absolute atomic E-state index is 12.1. The first kappa shape index (κ1) is 17.2. The fraction of sp³-hybridized carbons (Fsp3) is 0.667. The van der Waals surface area contributed by atoms with Gasteiger partial charge in [0.05, 0.1) is 17.1 Å². The number of nitrogens with one attached hydrogen (secondary N) is 1. The normalized spacial score (nSPS) is 12.3. The highest BCUT2D eigenvalue weighted by Crippen LogP contribution is 2.18. The van der Waals surface area contributed by atoms with Gasteiger partial charge >= 0.3 is 5.97 Å². The number of hydrogen-bond donors (Lipinski definition) is 1. The van der Waals surface area contributed by atoms with E-state index in [1.807, 2.05) is 34.7 Å². The first-order valence-corrected chi connectivity index (χ1v) is 7.23. The van der Waals surface area contributed by atoms with Gasteiger partial charge in [-0.25, -0.2) is 0 Å². The van der Waals surface area contributed by atoms with E-state index in [-0.39, 0.29) is 11.9 Å². The fourth-order valence-corrected chi connectivity index (χ4v) is 1.90. The molecule has 0 aromatic carbocycles. The van der Waals surface area contributed by atoms with Crippen LogP contribution in [0.3, 0.4) is 0 Å². The Balaban J connectivity index is 2.57. The Kier molecular flexibility index (Phi) is 5.93. The van der Waals surface area contributed by atoms with Crippen LogP contribution in [0, 0.1) is 19.8 Å². The maximum Gasteiger partial charge on any atom is 0.306 e. The Morgan fingerprint density at radius 2 is 1.90 bits per heavy atom. The summed E-state index contributed by atoms with van der Waals surface area (Å²) in [6.07, 6.45) is 0.275. The van der Waals surface area contributed by atoms with Crippen LogP contribution in [0.4, 0.5) is 5.69 Å². The molecule has 0 spiro atoms. The van der Waals surface area contributed by atoms with Crippen molar-refractivity contribution in [2.75, 3.05) is 5.32 Å². The van der Waals surface area contributed by atoms with E-state index in [0.717, 1.165) is 17.8 Å². The highest BCUT2D eigenvalue weighted by molar-refractivity contribution is 5.96. The number of aromatic nitrogens is 2. The molecular weight excluding hydrogens is 270 g/mol. The van der Waals surface area contributed by atoms with Crippen molar-refractivity contribution in [3.05, 3.63) is 11.4 Å². The minimum absolute atomic E-state index is 0.334. The van der Waals surface area contributed by atoms with Gasteiger partial charge in [-0.3, -0.25) is 14.3 Å². The smallest absolute Gasteiger partial charge is 0.306 e. The second kappa shape index (κ2) is 7.24. The number of carbonyl (C=O) groups excluding carboxylic acids is 2. The summed E-state index contributed by atoms with van der Waals surface area (Å²) < 4.78 is 6.84. The van der Waals surface area contributed by atoms with E-state index >= 15 is 0 Å². The van der Waals surface area contributed by atoms with Gasteiger partial charge < -0.3 is 10.1 Å². The van der Waals surface area contributed by atoms with Crippen LogP contribution in [0.15, 0.2) is 0 Å². The zero-order valence-corrected chi connectivity index (χ0v) is 13.7. The van der Waals surface area contributed by atoms with E-state index in [9.17, 15) is 9.59 Å². The predicted molar refractivity (Wildman–Crippen MR) is 80.9 cm³/mol. The second-order valence-corrected chi connectivity index (χ2v) is 5.72. The molecule has 6 nitrogen and oxygen atoms in total. The molecule has 0 saturated heterocycles. The molecular formula is C15H25N3O3. The topological polar surface area (TPSA) is 73.2 Å². The Bertz CT molecular complexity index is 520. The molecule has 1 rings (SSSR count). The average Bonchev–Trinajstić information content (AvgIpc) is 2.62. The summed E-state index contributed by atoms with van der Waals surface area (Å²) in [7, 11) is 1.81. The van der Waals surface area contributed by atoms with Crippen molar-refractivity contribution in [1.82, 2.24) is 9.78 Å². The van der Waals surface area contributed by atoms with Crippen molar-refractivity contribution >= 4 is 17.6 Å². The number of esters is 1. The van der Waals surface area contributed by atoms with Crippen LogP contribution in [0.2, 0.25) is 0 Å². The van der Waals surface area contributed by atoms with Gasteiger partial charge in [0.25, 0.3) is 5.91 Å². The summed E-state index contributed by atoms with van der Waals surface area (Å²) in [6, 6.07) is 0. The quantitative estimate of drug-likeness (QED) is 0.818. The summed E-state index contributed by atoms with van der Waals surface area (Å²) in [5.41, 5.74) is 2.27. The van der Waals surface area contributed by atoms with Crippen LogP contribution in [-0.2, 0) is 21.4 Å². The summed E-state index contributed by atoms with van der Waals surface area (Å²) in [5, 5.41) is 7.00.